The van der Waals surface area contributed by atoms with Crippen molar-refractivity contribution in [3.8, 4) is 6.07 Å². The van der Waals surface area contributed by atoms with E-state index < -0.39 is 22.8 Å². The smallest absolute Gasteiger partial charge is 0.258 e. The van der Waals surface area contributed by atoms with Gasteiger partial charge in [0, 0.05) is 22.8 Å². The monoisotopic (exact) mass is 276 g/mol. The van der Waals surface area contributed by atoms with Crippen LogP contribution in [0.15, 0.2) is 29.2 Å². The molecule has 0 amide bonds. The molecule has 0 aliphatic heterocycles. The second-order valence-corrected chi connectivity index (χ2v) is 4.38. The first-order valence-electron chi connectivity index (χ1n) is 4.68. The third-order valence-electron chi connectivity index (χ3n) is 2.02. The predicted octanol–water partition coefficient (Wildman–Crippen LogP) is 3.39. The molecule has 1 unspecified atom stereocenters. The van der Waals surface area contributed by atoms with Crippen molar-refractivity contribution in [2.24, 2.45) is 5.92 Å². The molecule has 0 N–H and O–H groups in total. The molecule has 4 nitrogen and oxygen atoms in total. The maximum absolute atomic E-state index is 12.3. The second-order valence-electron chi connectivity index (χ2n) is 3.29. The highest BCUT2D eigenvalue weighted by Gasteiger charge is 2.39. The molecule has 0 bridgehead atoms. The van der Waals surface area contributed by atoms with E-state index in [2.05, 4.69) is 0 Å². The van der Waals surface area contributed by atoms with Crippen LogP contribution in [0.2, 0.25) is 0 Å². The number of benzene rings is 1. The van der Waals surface area contributed by atoms with Crippen LogP contribution < -0.4 is 0 Å². The summed E-state index contributed by atoms with van der Waals surface area (Å²) in [5.74, 6) is -2.48. The van der Waals surface area contributed by atoms with Crippen molar-refractivity contribution in [3.63, 3.8) is 0 Å². The minimum absolute atomic E-state index is 0.132. The minimum Gasteiger partial charge on any atom is -0.258 e. The average Bonchev–Trinajstić information content (AvgIpc) is 2.28. The molecule has 8 heteroatoms. The van der Waals surface area contributed by atoms with Gasteiger partial charge < -0.3 is 0 Å². The number of rotatable bonds is 4. The Balaban J connectivity index is 2.64. The molecule has 18 heavy (non-hydrogen) atoms. The van der Waals surface area contributed by atoms with Gasteiger partial charge in [-0.25, -0.2) is 0 Å². The lowest BCUT2D eigenvalue weighted by atomic mass is 10.2. The number of nitrogens with zero attached hydrogens (tertiary/aromatic N) is 2. The van der Waals surface area contributed by atoms with Crippen molar-refractivity contribution < 1.29 is 18.1 Å². The Morgan fingerprint density at radius 2 is 1.94 bits per heavy atom. The van der Waals surface area contributed by atoms with Gasteiger partial charge in [-0.05, 0) is 12.1 Å². The van der Waals surface area contributed by atoms with E-state index in [0.717, 1.165) is 11.8 Å². The number of hydrogen-bond acceptors (Lipinski definition) is 4. The Hall–Kier alpha value is -1.75. The summed E-state index contributed by atoms with van der Waals surface area (Å²) < 4.78 is 36.8. The molecule has 0 aliphatic carbocycles. The van der Waals surface area contributed by atoms with Gasteiger partial charge in [0.2, 0.25) is 0 Å². The molecule has 0 radical (unpaired) electrons. The van der Waals surface area contributed by atoms with Crippen molar-refractivity contribution in [2.75, 3.05) is 5.75 Å². The van der Waals surface area contributed by atoms with E-state index in [-0.39, 0.29) is 5.69 Å². The van der Waals surface area contributed by atoms with Crippen LogP contribution in [0.4, 0.5) is 18.9 Å². The number of nitro groups is 1. The van der Waals surface area contributed by atoms with E-state index >= 15 is 0 Å². The number of alkyl halides is 3. The first-order valence-corrected chi connectivity index (χ1v) is 5.66. The Labute approximate surface area is 105 Å². The van der Waals surface area contributed by atoms with Crippen molar-refractivity contribution in [1.82, 2.24) is 0 Å². The van der Waals surface area contributed by atoms with Crippen LogP contribution in [0.1, 0.15) is 0 Å². The van der Waals surface area contributed by atoms with Crippen LogP contribution >= 0.6 is 11.8 Å². The largest absolute Gasteiger partial charge is 0.405 e. The predicted molar refractivity (Wildman–Crippen MR) is 59.0 cm³/mol. The minimum atomic E-state index is -4.55. The van der Waals surface area contributed by atoms with Crippen LogP contribution in [-0.2, 0) is 0 Å². The zero-order valence-electron chi connectivity index (χ0n) is 8.85. The summed E-state index contributed by atoms with van der Waals surface area (Å²) in [6.07, 6.45) is -4.55. The normalized spacial score (nSPS) is 12.8. The third-order valence-corrected chi connectivity index (χ3v) is 3.12. The van der Waals surface area contributed by atoms with Crippen molar-refractivity contribution in [2.45, 2.75) is 11.1 Å². The summed E-state index contributed by atoms with van der Waals surface area (Å²) in [6, 6.07) is 6.31. The highest BCUT2D eigenvalue weighted by Crippen LogP contribution is 2.31. The van der Waals surface area contributed by atoms with E-state index in [1.54, 1.807) is 0 Å². The SMILES string of the molecule is N#CC(CSc1ccc([N+](=O)[O-])cc1)C(F)(F)F. The van der Waals surface area contributed by atoms with Crippen LogP contribution in [0.3, 0.4) is 0 Å². The summed E-state index contributed by atoms with van der Waals surface area (Å²) in [7, 11) is 0. The average molecular weight is 276 g/mol. The number of non-ortho nitro benzene ring substituents is 1. The van der Waals surface area contributed by atoms with E-state index in [1.165, 1.54) is 30.3 Å². The highest BCUT2D eigenvalue weighted by molar-refractivity contribution is 7.99. The van der Waals surface area contributed by atoms with Gasteiger partial charge in [-0.1, -0.05) is 0 Å². The molecule has 0 spiro atoms. The first-order chi connectivity index (χ1) is 8.34. The Bertz CT molecular complexity index is 467. The van der Waals surface area contributed by atoms with Gasteiger partial charge >= 0.3 is 6.18 Å². The van der Waals surface area contributed by atoms with Gasteiger partial charge in [0.05, 0.1) is 11.0 Å². The molecule has 0 saturated heterocycles. The van der Waals surface area contributed by atoms with E-state index in [0.29, 0.717) is 4.90 Å². The topological polar surface area (TPSA) is 66.9 Å². The number of halogens is 3. The summed E-state index contributed by atoms with van der Waals surface area (Å²) >= 11 is 0.835. The fourth-order valence-electron chi connectivity index (χ4n) is 1.05. The molecule has 0 aliphatic rings. The first kappa shape index (κ1) is 14.3. The number of nitro benzene ring substituents is 1. The maximum atomic E-state index is 12.3. The quantitative estimate of drug-likeness (QED) is 0.480. The van der Waals surface area contributed by atoms with Gasteiger partial charge in [0.25, 0.3) is 5.69 Å². The lowest BCUT2D eigenvalue weighted by Crippen LogP contribution is -2.23. The maximum Gasteiger partial charge on any atom is 0.405 e. The Kier molecular flexibility index (Phi) is 4.55. The zero-order chi connectivity index (χ0) is 13.8. The van der Waals surface area contributed by atoms with Crippen LogP contribution in [0, 0.1) is 27.4 Å². The summed E-state index contributed by atoms with van der Waals surface area (Å²) in [4.78, 5) is 10.2. The van der Waals surface area contributed by atoms with Gasteiger partial charge in [0.1, 0.15) is 0 Å². The van der Waals surface area contributed by atoms with E-state index in [4.69, 9.17) is 5.26 Å². The summed E-state index contributed by atoms with van der Waals surface area (Å²) in [6.45, 7) is 0. The number of hydrogen-bond donors (Lipinski definition) is 0. The molecule has 0 saturated carbocycles. The van der Waals surface area contributed by atoms with Crippen molar-refractivity contribution >= 4 is 17.4 Å². The van der Waals surface area contributed by atoms with Gasteiger partial charge in [-0.15, -0.1) is 11.8 Å². The molecule has 0 aromatic heterocycles. The van der Waals surface area contributed by atoms with E-state index in [1.807, 2.05) is 0 Å². The third kappa shape index (κ3) is 3.92. The molecular weight excluding hydrogens is 269 g/mol. The molecule has 1 aromatic carbocycles. The molecule has 1 atom stereocenters. The number of thioether (sulfide) groups is 1. The van der Waals surface area contributed by atoms with Gasteiger partial charge in [0.15, 0.2) is 5.92 Å². The molecule has 96 valence electrons. The molecule has 0 fully saturated rings. The van der Waals surface area contributed by atoms with Crippen LogP contribution in [0.25, 0.3) is 0 Å². The zero-order valence-corrected chi connectivity index (χ0v) is 9.66. The molecular formula is C10H7F3N2O2S. The van der Waals surface area contributed by atoms with Crippen molar-refractivity contribution in [3.05, 3.63) is 34.4 Å². The molecule has 1 aromatic rings. The molecule has 0 heterocycles. The van der Waals surface area contributed by atoms with Crippen LogP contribution in [-0.4, -0.2) is 16.9 Å². The van der Waals surface area contributed by atoms with Gasteiger partial charge in [-0.2, -0.15) is 18.4 Å². The number of nitriles is 1. The fourth-order valence-corrected chi connectivity index (χ4v) is 2.00. The Morgan fingerprint density at radius 3 is 2.33 bits per heavy atom. The Morgan fingerprint density at radius 1 is 1.39 bits per heavy atom. The van der Waals surface area contributed by atoms with E-state index in [9.17, 15) is 23.3 Å². The lowest BCUT2D eigenvalue weighted by molar-refractivity contribution is -0.384. The standard InChI is InChI=1S/C10H7F3N2O2S/c11-10(12,13)7(5-14)6-18-9-3-1-8(2-4-9)15(16)17/h1-4,7H,6H2. The fraction of sp³-hybridized carbons (Fsp3) is 0.300. The van der Waals surface area contributed by atoms with Crippen LogP contribution in [0.5, 0.6) is 0 Å². The summed E-state index contributed by atoms with van der Waals surface area (Å²) in [5, 5.41) is 18.7. The van der Waals surface area contributed by atoms with Crippen molar-refractivity contribution in [1.29, 1.82) is 5.26 Å². The van der Waals surface area contributed by atoms with Gasteiger partial charge in [-0.3, -0.25) is 10.1 Å². The highest BCUT2D eigenvalue weighted by atomic mass is 32.2. The lowest BCUT2D eigenvalue weighted by Gasteiger charge is -2.12. The molecule has 1 rings (SSSR count). The summed E-state index contributed by atoms with van der Waals surface area (Å²) in [5.41, 5.74) is -0.132. The second kappa shape index (κ2) is 5.73.